The number of rotatable bonds is 4. The molecule has 1 aromatic rings. The van der Waals surface area contributed by atoms with Gasteiger partial charge in [0.15, 0.2) is 5.78 Å². The van der Waals surface area contributed by atoms with Crippen molar-refractivity contribution in [3.05, 3.63) is 35.4 Å². The molecule has 0 aliphatic heterocycles. The van der Waals surface area contributed by atoms with Crippen LogP contribution in [0.5, 0.6) is 0 Å². The highest BCUT2D eigenvalue weighted by atomic mass is 19.1. The van der Waals surface area contributed by atoms with Crippen LogP contribution in [0.1, 0.15) is 44.6 Å². The molecule has 1 aromatic carbocycles. The van der Waals surface area contributed by atoms with E-state index in [0.29, 0.717) is 12.8 Å². The van der Waals surface area contributed by atoms with Crippen molar-refractivity contribution in [2.75, 3.05) is 0 Å². The molecule has 0 bridgehead atoms. The fourth-order valence-electron chi connectivity index (χ4n) is 2.93. The first-order valence-electron chi connectivity index (χ1n) is 7.18. The van der Waals surface area contributed by atoms with Gasteiger partial charge in [-0.1, -0.05) is 19.3 Å². The van der Waals surface area contributed by atoms with Crippen LogP contribution in [0.15, 0.2) is 18.2 Å². The zero-order valence-electron chi connectivity index (χ0n) is 12.0. The number of Topliss-reactive ketones (excluding diaryl/α,β-unsaturated/α-hetero) is 1. The second-order valence-corrected chi connectivity index (χ2v) is 5.70. The van der Waals surface area contributed by atoms with Gasteiger partial charge in [-0.15, -0.1) is 0 Å². The third kappa shape index (κ3) is 3.86. The molecule has 1 aliphatic carbocycles. The lowest BCUT2D eigenvalue weighted by atomic mass is 9.79. The summed E-state index contributed by atoms with van der Waals surface area (Å²) in [4.78, 5) is 24.0. The first-order valence-corrected chi connectivity index (χ1v) is 7.18. The van der Waals surface area contributed by atoms with Gasteiger partial charge in [0.1, 0.15) is 11.6 Å². The molecule has 0 unspecified atom stereocenters. The van der Waals surface area contributed by atoms with Gasteiger partial charge in [0.2, 0.25) is 5.91 Å². The molecule has 1 fully saturated rings. The maximum atomic E-state index is 13.1. The van der Waals surface area contributed by atoms with Crippen molar-refractivity contribution in [1.82, 2.24) is 5.32 Å². The standard InChI is InChI=1S/C16H19F2NO2/c1-11(20)16(5-3-2-4-6-16)19-15(21)9-12-7-13(17)10-14(18)8-12/h7-8,10H,2-6,9H2,1H3,(H,19,21). The van der Waals surface area contributed by atoms with Crippen LogP contribution in [-0.2, 0) is 16.0 Å². The minimum Gasteiger partial charge on any atom is -0.343 e. The summed E-state index contributed by atoms with van der Waals surface area (Å²) in [6, 6.07) is 3.02. The van der Waals surface area contributed by atoms with Crippen molar-refractivity contribution >= 4 is 11.7 Å². The van der Waals surface area contributed by atoms with E-state index in [2.05, 4.69) is 5.32 Å². The Morgan fingerprint density at radius 3 is 2.19 bits per heavy atom. The van der Waals surface area contributed by atoms with E-state index in [0.717, 1.165) is 37.5 Å². The van der Waals surface area contributed by atoms with Crippen LogP contribution in [0.3, 0.4) is 0 Å². The van der Waals surface area contributed by atoms with E-state index in [-0.39, 0.29) is 23.7 Å². The molecule has 0 heterocycles. The van der Waals surface area contributed by atoms with E-state index >= 15 is 0 Å². The molecule has 5 heteroatoms. The summed E-state index contributed by atoms with van der Waals surface area (Å²) in [5, 5.41) is 2.79. The average Bonchev–Trinajstić information content (AvgIpc) is 2.37. The number of halogens is 2. The molecule has 114 valence electrons. The van der Waals surface area contributed by atoms with Crippen LogP contribution in [0.4, 0.5) is 8.78 Å². The van der Waals surface area contributed by atoms with Crippen LogP contribution in [0.2, 0.25) is 0 Å². The smallest absolute Gasteiger partial charge is 0.225 e. The van der Waals surface area contributed by atoms with Crippen LogP contribution in [0, 0.1) is 11.6 Å². The Kier molecular flexibility index (Phi) is 4.70. The quantitative estimate of drug-likeness (QED) is 0.928. The predicted octanol–water partition coefficient (Wildman–Crippen LogP) is 2.92. The minimum absolute atomic E-state index is 0.0547. The molecule has 1 saturated carbocycles. The Balaban J connectivity index is 2.07. The molecule has 0 saturated heterocycles. The Bertz CT molecular complexity index is 531. The number of hydrogen-bond donors (Lipinski definition) is 1. The summed E-state index contributed by atoms with van der Waals surface area (Å²) in [5.74, 6) is -1.86. The van der Waals surface area contributed by atoms with Crippen LogP contribution in [-0.4, -0.2) is 17.2 Å². The lowest BCUT2D eigenvalue weighted by Gasteiger charge is -2.35. The highest BCUT2D eigenvalue weighted by Gasteiger charge is 2.37. The van der Waals surface area contributed by atoms with Crippen molar-refractivity contribution in [3.8, 4) is 0 Å². The Labute approximate surface area is 122 Å². The van der Waals surface area contributed by atoms with E-state index in [1.54, 1.807) is 0 Å². The van der Waals surface area contributed by atoms with Crippen molar-refractivity contribution in [2.45, 2.75) is 51.0 Å². The number of benzene rings is 1. The molecular formula is C16H19F2NO2. The van der Waals surface area contributed by atoms with Crippen molar-refractivity contribution in [1.29, 1.82) is 0 Å². The molecule has 21 heavy (non-hydrogen) atoms. The summed E-state index contributed by atoms with van der Waals surface area (Å²) < 4.78 is 26.2. The van der Waals surface area contributed by atoms with E-state index in [1.165, 1.54) is 6.92 Å². The van der Waals surface area contributed by atoms with E-state index in [9.17, 15) is 18.4 Å². The topological polar surface area (TPSA) is 46.2 Å². The molecule has 1 amide bonds. The fourth-order valence-corrected chi connectivity index (χ4v) is 2.93. The van der Waals surface area contributed by atoms with Crippen molar-refractivity contribution < 1.29 is 18.4 Å². The summed E-state index contributed by atoms with van der Waals surface area (Å²) in [6.45, 7) is 1.48. The molecular weight excluding hydrogens is 276 g/mol. The third-order valence-corrected chi connectivity index (χ3v) is 4.05. The number of amides is 1. The highest BCUT2D eigenvalue weighted by molar-refractivity contribution is 5.92. The molecule has 1 N–H and O–H groups in total. The minimum atomic E-state index is -0.804. The third-order valence-electron chi connectivity index (χ3n) is 4.05. The lowest BCUT2D eigenvalue weighted by molar-refractivity contribution is -0.132. The van der Waals surface area contributed by atoms with Crippen molar-refractivity contribution in [2.24, 2.45) is 0 Å². The summed E-state index contributed by atoms with van der Waals surface area (Å²) in [7, 11) is 0. The second kappa shape index (κ2) is 6.33. The summed E-state index contributed by atoms with van der Waals surface area (Å²) in [6.07, 6.45) is 3.98. The Hall–Kier alpha value is -1.78. The molecule has 0 radical (unpaired) electrons. The van der Waals surface area contributed by atoms with Gasteiger partial charge < -0.3 is 5.32 Å². The number of ketones is 1. The first kappa shape index (κ1) is 15.6. The van der Waals surface area contributed by atoms with E-state index in [4.69, 9.17) is 0 Å². The van der Waals surface area contributed by atoms with Gasteiger partial charge >= 0.3 is 0 Å². The van der Waals surface area contributed by atoms with Gasteiger partial charge in [0.25, 0.3) is 0 Å². The number of hydrogen-bond acceptors (Lipinski definition) is 2. The molecule has 1 aliphatic rings. The Morgan fingerprint density at radius 1 is 1.10 bits per heavy atom. The van der Waals surface area contributed by atoms with Crippen LogP contribution >= 0.6 is 0 Å². The van der Waals surface area contributed by atoms with Crippen molar-refractivity contribution in [3.63, 3.8) is 0 Å². The van der Waals surface area contributed by atoms with E-state index < -0.39 is 17.2 Å². The second-order valence-electron chi connectivity index (χ2n) is 5.70. The van der Waals surface area contributed by atoms with Gasteiger partial charge in [0, 0.05) is 6.07 Å². The van der Waals surface area contributed by atoms with Gasteiger partial charge in [-0.3, -0.25) is 9.59 Å². The summed E-state index contributed by atoms with van der Waals surface area (Å²) in [5.41, 5.74) is -0.541. The highest BCUT2D eigenvalue weighted by Crippen LogP contribution is 2.29. The monoisotopic (exact) mass is 295 g/mol. The van der Waals surface area contributed by atoms with Gasteiger partial charge in [0.05, 0.1) is 12.0 Å². The van der Waals surface area contributed by atoms with Gasteiger partial charge in [-0.25, -0.2) is 8.78 Å². The molecule has 3 nitrogen and oxygen atoms in total. The lowest BCUT2D eigenvalue weighted by Crippen LogP contribution is -2.55. The SMILES string of the molecule is CC(=O)C1(NC(=O)Cc2cc(F)cc(F)c2)CCCCC1. The molecule has 0 aromatic heterocycles. The van der Waals surface area contributed by atoms with Gasteiger partial charge in [-0.05, 0) is 37.5 Å². The number of nitrogens with one attached hydrogen (secondary N) is 1. The average molecular weight is 295 g/mol. The van der Waals surface area contributed by atoms with Crippen LogP contribution in [0.25, 0.3) is 0 Å². The van der Waals surface area contributed by atoms with Gasteiger partial charge in [-0.2, -0.15) is 0 Å². The normalized spacial score (nSPS) is 17.3. The number of carbonyl (C=O) groups excluding carboxylic acids is 2. The summed E-state index contributed by atoms with van der Waals surface area (Å²) >= 11 is 0. The van der Waals surface area contributed by atoms with E-state index in [1.807, 2.05) is 0 Å². The zero-order chi connectivity index (χ0) is 15.5. The first-order chi connectivity index (χ1) is 9.91. The Morgan fingerprint density at radius 2 is 1.67 bits per heavy atom. The molecule has 0 atom stereocenters. The largest absolute Gasteiger partial charge is 0.343 e. The maximum absolute atomic E-state index is 13.1. The molecule has 0 spiro atoms. The fraction of sp³-hybridized carbons (Fsp3) is 0.500. The maximum Gasteiger partial charge on any atom is 0.225 e. The predicted molar refractivity (Wildman–Crippen MR) is 74.7 cm³/mol. The van der Waals surface area contributed by atoms with Crippen LogP contribution < -0.4 is 5.32 Å². The zero-order valence-corrected chi connectivity index (χ0v) is 12.0. The number of carbonyl (C=O) groups is 2. The molecule has 2 rings (SSSR count).